The molecule has 1 heterocycles. The molecule has 0 saturated heterocycles. The molecule has 5 aromatic rings. The number of pyridine rings is 1. The number of methoxy groups -OCH3 is 1. The van der Waals surface area contributed by atoms with E-state index in [0.29, 0.717) is 10.6 Å². The number of para-hydroxylation sites is 1. The van der Waals surface area contributed by atoms with Crippen molar-refractivity contribution < 1.29 is 9.53 Å². The summed E-state index contributed by atoms with van der Waals surface area (Å²) in [5.41, 5.74) is 6.43. The zero-order valence-corrected chi connectivity index (χ0v) is 22.1. The van der Waals surface area contributed by atoms with Crippen LogP contribution in [0.5, 0.6) is 5.75 Å². The molecule has 0 radical (unpaired) electrons. The lowest BCUT2D eigenvalue weighted by Crippen LogP contribution is -2.15. The molecule has 5 nitrogen and oxygen atoms in total. The summed E-state index contributed by atoms with van der Waals surface area (Å²) in [4.78, 5) is 17.9. The minimum atomic E-state index is -0.176. The molecule has 1 aromatic heterocycles. The maximum atomic E-state index is 13.1. The van der Waals surface area contributed by atoms with Gasteiger partial charge in [0.1, 0.15) is 16.8 Å². The smallest absolute Gasteiger partial charge is 0.234 e. The van der Waals surface area contributed by atoms with Crippen LogP contribution in [0.15, 0.2) is 120 Å². The number of thioether (sulfide) groups is 1. The van der Waals surface area contributed by atoms with Crippen LogP contribution in [0.1, 0.15) is 5.56 Å². The number of amides is 1. The Kier molecular flexibility index (Phi) is 8.01. The van der Waals surface area contributed by atoms with Crippen LogP contribution in [0.2, 0.25) is 0 Å². The van der Waals surface area contributed by atoms with E-state index in [0.717, 1.165) is 44.9 Å². The van der Waals surface area contributed by atoms with Gasteiger partial charge >= 0.3 is 0 Å². The first-order chi connectivity index (χ1) is 19.2. The number of carbonyl (C=O) groups excluding carboxylic acids is 1. The van der Waals surface area contributed by atoms with Crippen molar-refractivity contribution in [3.63, 3.8) is 0 Å². The largest absolute Gasteiger partial charge is 0.497 e. The lowest BCUT2D eigenvalue weighted by molar-refractivity contribution is -0.113. The van der Waals surface area contributed by atoms with Crippen molar-refractivity contribution in [2.75, 3.05) is 18.2 Å². The molecule has 0 fully saturated rings. The Balaban J connectivity index is 1.45. The number of aromatic nitrogens is 1. The molecule has 4 aromatic carbocycles. The summed E-state index contributed by atoms with van der Waals surface area (Å²) >= 11 is 1.26. The van der Waals surface area contributed by atoms with E-state index in [1.807, 2.05) is 115 Å². The summed E-state index contributed by atoms with van der Waals surface area (Å²) in [6.07, 6.45) is 0. The lowest BCUT2D eigenvalue weighted by atomic mass is 9.99. The molecule has 0 aliphatic rings. The van der Waals surface area contributed by atoms with Crippen molar-refractivity contribution in [2.45, 2.75) is 5.03 Å². The van der Waals surface area contributed by atoms with Crippen molar-refractivity contribution in [2.24, 2.45) is 0 Å². The van der Waals surface area contributed by atoms with Crippen LogP contribution >= 0.6 is 11.8 Å². The fraction of sp³-hybridized carbons (Fsp3) is 0.0606. The Bertz CT molecular complexity index is 1630. The second-order valence-corrected chi connectivity index (χ2v) is 9.65. The first kappa shape index (κ1) is 25.8. The van der Waals surface area contributed by atoms with Crippen LogP contribution in [0, 0.1) is 11.3 Å². The fourth-order valence-corrected chi connectivity index (χ4v) is 5.07. The van der Waals surface area contributed by atoms with Gasteiger partial charge in [-0.25, -0.2) is 4.98 Å². The molecule has 6 heteroatoms. The highest BCUT2D eigenvalue weighted by molar-refractivity contribution is 8.00. The molecule has 1 N–H and O–H groups in total. The van der Waals surface area contributed by atoms with E-state index in [-0.39, 0.29) is 11.7 Å². The van der Waals surface area contributed by atoms with E-state index in [1.165, 1.54) is 11.8 Å². The minimum Gasteiger partial charge on any atom is -0.497 e. The van der Waals surface area contributed by atoms with Gasteiger partial charge in [0, 0.05) is 22.4 Å². The number of rotatable bonds is 8. The number of nitrogens with one attached hydrogen (secondary N) is 1. The van der Waals surface area contributed by atoms with Gasteiger partial charge in [0.15, 0.2) is 0 Å². The van der Waals surface area contributed by atoms with Gasteiger partial charge in [-0.3, -0.25) is 4.79 Å². The van der Waals surface area contributed by atoms with Crippen molar-refractivity contribution in [1.29, 1.82) is 5.26 Å². The number of nitriles is 1. The van der Waals surface area contributed by atoms with Crippen LogP contribution in [-0.2, 0) is 4.79 Å². The quantitative estimate of drug-likeness (QED) is 0.209. The van der Waals surface area contributed by atoms with E-state index < -0.39 is 0 Å². The predicted molar refractivity (Wildman–Crippen MR) is 158 cm³/mol. The summed E-state index contributed by atoms with van der Waals surface area (Å²) in [6.45, 7) is 0. The van der Waals surface area contributed by atoms with E-state index >= 15 is 0 Å². The highest BCUT2D eigenvalue weighted by Crippen LogP contribution is 2.35. The summed E-state index contributed by atoms with van der Waals surface area (Å²) in [6, 6.07) is 39.3. The van der Waals surface area contributed by atoms with Gasteiger partial charge in [0.25, 0.3) is 0 Å². The molecule has 39 heavy (non-hydrogen) atoms. The second-order valence-electron chi connectivity index (χ2n) is 8.69. The topological polar surface area (TPSA) is 75.0 Å². The second kappa shape index (κ2) is 12.1. The first-order valence-electron chi connectivity index (χ1n) is 12.4. The molecule has 0 atom stereocenters. The zero-order valence-electron chi connectivity index (χ0n) is 21.3. The number of ether oxygens (including phenoxy) is 1. The summed E-state index contributed by atoms with van der Waals surface area (Å²) < 4.78 is 5.30. The Morgan fingerprint density at radius 3 is 2.10 bits per heavy atom. The highest BCUT2D eigenvalue weighted by Gasteiger charge is 2.18. The summed E-state index contributed by atoms with van der Waals surface area (Å²) in [5.74, 6) is 0.660. The molecule has 0 saturated carbocycles. The number of hydrogen-bond acceptors (Lipinski definition) is 5. The predicted octanol–water partition coefficient (Wildman–Crippen LogP) is 7.69. The van der Waals surface area contributed by atoms with Crippen molar-refractivity contribution in [3.05, 3.63) is 121 Å². The standard InChI is InChI=1S/C33H25N3O2S/c1-38-26-18-16-24(17-19-26)28-20-31(25-12-6-3-7-13-25)36-33(29(28)21-34)39-22-32(37)35-30-15-9-8-14-27(30)23-10-4-2-5-11-23/h2-20H,22H2,1H3,(H,35,37). The normalized spacial score (nSPS) is 10.5. The van der Waals surface area contributed by atoms with Gasteiger partial charge in [-0.05, 0) is 35.4 Å². The lowest BCUT2D eigenvalue weighted by Gasteiger charge is -2.14. The van der Waals surface area contributed by atoms with Gasteiger partial charge in [0.05, 0.1) is 24.1 Å². The SMILES string of the molecule is COc1ccc(-c2cc(-c3ccccc3)nc(SCC(=O)Nc3ccccc3-c3ccccc3)c2C#N)cc1. The third kappa shape index (κ3) is 6.01. The van der Waals surface area contributed by atoms with Crippen LogP contribution < -0.4 is 10.1 Å². The highest BCUT2D eigenvalue weighted by atomic mass is 32.2. The van der Waals surface area contributed by atoms with Gasteiger partial charge in [-0.2, -0.15) is 5.26 Å². The van der Waals surface area contributed by atoms with Gasteiger partial charge in [0.2, 0.25) is 5.91 Å². The molecule has 0 bridgehead atoms. The van der Waals surface area contributed by atoms with E-state index in [9.17, 15) is 10.1 Å². The van der Waals surface area contributed by atoms with E-state index in [2.05, 4.69) is 11.4 Å². The minimum absolute atomic E-state index is 0.102. The number of benzene rings is 4. The molecule has 0 spiro atoms. The van der Waals surface area contributed by atoms with Crippen LogP contribution in [-0.4, -0.2) is 23.8 Å². The Morgan fingerprint density at radius 2 is 1.44 bits per heavy atom. The maximum Gasteiger partial charge on any atom is 0.234 e. The molecule has 0 unspecified atom stereocenters. The summed E-state index contributed by atoms with van der Waals surface area (Å²) in [7, 11) is 1.62. The fourth-order valence-electron chi connectivity index (χ4n) is 4.27. The van der Waals surface area contributed by atoms with E-state index in [4.69, 9.17) is 9.72 Å². The zero-order chi connectivity index (χ0) is 27.0. The number of anilines is 1. The van der Waals surface area contributed by atoms with Gasteiger partial charge < -0.3 is 10.1 Å². The maximum absolute atomic E-state index is 13.1. The molecule has 1 amide bonds. The van der Waals surface area contributed by atoms with Crippen LogP contribution in [0.3, 0.4) is 0 Å². The molecule has 0 aliphatic heterocycles. The monoisotopic (exact) mass is 527 g/mol. The Hall–Kier alpha value is -4.86. The first-order valence-corrected chi connectivity index (χ1v) is 13.4. The van der Waals surface area contributed by atoms with Crippen LogP contribution in [0.25, 0.3) is 33.5 Å². The number of nitrogens with zero attached hydrogens (tertiary/aromatic N) is 2. The third-order valence-electron chi connectivity index (χ3n) is 6.19. The van der Waals surface area contributed by atoms with E-state index in [1.54, 1.807) is 7.11 Å². The van der Waals surface area contributed by atoms with Gasteiger partial charge in [-0.1, -0.05) is 103 Å². The summed E-state index contributed by atoms with van der Waals surface area (Å²) in [5, 5.41) is 13.7. The average Bonchev–Trinajstić information content (AvgIpc) is 3.00. The average molecular weight is 528 g/mol. The molecule has 5 rings (SSSR count). The third-order valence-corrected chi connectivity index (χ3v) is 7.17. The molecule has 190 valence electrons. The number of hydrogen-bond donors (Lipinski definition) is 1. The molecular weight excluding hydrogens is 502 g/mol. The molecule has 0 aliphatic carbocycles. The van der Waals surface area contributed by atoms with Crippen molar-refractivity contribution >= 4 is 23.4 Å². The van der Waals surface area contributed by atoms with Gasteiger partial charge in [-0.15, -0.1) is 0 Å². The Morgan fingerprint density at radius 1 is 0.821 bits per heavy atom. The van der Waals surface area contributed by atoms with Crippen LogP contribution in [0.4, 0.5) is 5.69 Å². The Labute approximate surface area is 232 Å². The van der Waals surface area contributed by atoms with Crippen molar-refractivity contribution in [3.8, 4) is 45.3 Å². The number of carbonyl (C=O) groups is 1. The van der Waals surface area contributed by atoms with Crippen molar-refractivity contribution in [1.82, 2.24) is 4.98 Å². The molecular formula is C33H25N3O2S.